The number of amides is 3. The highest BCUT2D eigenvalue weighted by molar-refractivity contribution is 6.25. The summed E-state index contributed by atoms with van der Waals surface area (Å²) in [5.41, 5.74) is 1.99. The average molecular weight is 363 g/mol. The van der Waals surface area contributed by atoms with E-state index in [-0.39, 0.29) is 12.5 Å². The van der Waals surface area contributed by atoms with Gasteiger partial charge in [-0.2, -0.15) is 5.11 Å². The van der Waals surface area contributed by atoms with Gasteiger partial charge in [-0.05, 0) is 30.7 Å². The standard InChI is InChI=1S/C19H17N5O3/c1-12-7-5-6-10-14(12)24-18(26)16-17(19(24)27)23(22-21-16)11-15(25)20-13-8-3-2-4-9-13/h2-10,16-17H,11H2,1H3,(H,20,25)/t16-,17+/m0/s1. The summed E-state index contributed by atoms with van der Waals surface area (Å²) < 4.78 is 0. The van der Waals surface area contributed by atoms with Crippen LogP contribution in [-0.2, 0) is 14.4 Å². The minimum atomic E-state index is -0.915. The minimum absolute atomic E-state index is 0.166. The van der Waals surface area contributed by atoms with Crippen molar-refractivity contribution in [2.75, 3.05) is 16.8 Å². The Morgan fingerprint density at radius 2 is 1.74 bits per heavy atom. The van der Waals surface area contributed by atoms with E-state index in [9.17, 15) is 14.4 Å². The lowest BCUT2D eigenvalue weighted by atomic mass is 10.1. The summed E-state index contributed by atoms with van der Waals surface area (Å²) >= 11 is 0. The monoisotopic (exact) mass is 363 g/mol. The molecule has 2 aromatic carbocycles. The van der Waals surface area contributed by atoms with Gasteiger partial charge in [0, 0.05) is 5.69 Å². The number of fused-ring (bicyclic) bond motifs is 1. The lowest BCUT2D eigenvalue weighted by Gasteiger charge is -2.21. The van der Waals surface area contributed by atoms with Crippen LogP contribution in [0.5, 0.6) is 0 Å². The fourth-order valence-corrected chi connectivity index (χ4v) is 3.27. The number of carbonyl (C=O) groups excluding carboxylic acids is 3. The minimum Gasteiger partial charge on any atom is -0.324 e. The Morgan fingerprint density at radius 1 is 1.04 bits per heavy atom. The predicted molar refractivity (Wildman–Crippen MR) is 97.9 cm³/mol. The molecule has 2 heterocycles. The van der Waals surface area contributed by atoms with Crippen LogP contribution >= 0.6 is 0 Å². The van der Waals surface area contributed by atoms with Crippen molar-refractivity contribution in [1.82, 2.24) is 5.01 Å². The van der Waals surface area contributed by atoms with Gasteiger partial charge in [0.05, 0.1) is 5.69 Å². The summed E-state index contributed by atoms with van der Waals surface area (Å²) in [6.07, 6.45) is 0. The molecule has 3 amide bonds. The smallest absolute Gasteiger partial charge is 0.263 e. The van der Waals surface area contributed by atoms with Gasteiger partial charge < -0.3 is 5.32 Å². The third-order valence-corrected chi connectivity index (χ3v) is 4.58. The Kier molecular flexibility index (Phi) is 4.15. The van der Waals surface area contributed by atoms with Crippen molar-refractivity contribution in [3.05, 3.63) is 60.2 Å². The summed E-state index contributed by atoms with van der Waals surface area (Å²) in [7, 11) is 0. The van der Waals surface area contributed by atoms with Gasteiger partial charge in [0.2, 0.25) is 5.91 Å². The number of anilines is 2. The highest BCUT2D eigenvalue weighted by atomic mass is 16.2. The van der Waals surface area contributed by atoms with Crippen molar-refractivity contribution in [2.45, 2.75) is 19.0 Å². The van der Waals surface area contributed by atoms with Gasteiger partial charge in [-0.1, -0.05) is 41.6 Å². The maximum atomic E-state index is 12.9. The molecule has 8 heteroatoms. The molecule has 2 atom stereocenters. The van der Waals surface area contributed by atoms with Gasteiger partial charge in [0.15, 0.2) is 12.1 Å². The highest BCUT2D eigenvalue weighted by Crippen LogP contribution is 2.33. The Hall–Kier alpha value is -3.55. The molecular weight excluding hydrogens is 346 g/mol. The highest BCUT2D eigenvalue weighted by Gasteiger charge is 2.55. The first-order chi connectivity index (χ1) is 13.1. The Labute approximate surface area is 155 Å². The Balaban J connectivity index is 1.51. The normalized spacial score (nSPS) is 20.9. The van der Waals surface area contributed by atoms with E-state index in [1.54, 1.807) is 36.4 Å². The zero-order valence-electron chi connectivity index (χ0n) is 14.6. The first kappa shape index (κ1) is 16.9. The van der Waals surface area contributed by atoms with E-state index >= 15 is 0 Å². The molecule has 4 rings (SSSR count). The number of nitrogens with one attached hydrogen (secondary N) is 1. The fraction of sp³-hybridized carbons (Fsp3) is 0.211. The summed E-state index contributed by atoms with van der Waals surface area (Å²) in [5.74, 6) is -1.18. The first-order valence-electron chi connectivity index (χ1n) is 8.52. The summed E-state index contributed by atoms with van der Waals surface area (Å²) in [5, 5.41) is 11.8. The lowest BCUT2D eigenvalue weighted by Crippen LogP contribution is -2.43. The molecule has 1 saturated heterocycles. The van der Waals surface area contributed by atoms with Crippen LogP contribution in [0.25, 0.3) is 0 Å². The van der Waals surface area contributed by atoms with Crippen molar-refractivity contribution in [3.63, 3.8) is 0 Å². The molecule has 1 fully saturated rings. The number of hydrogen-bond acceptors (Lipinski definition) is 6. The zero-order valence-corrected chi connectivity index (χ0v) is 14.6. The second-order valence-corrected chi connectivity index (χ2v) is 6.40. The van der Waals surface area contributed by atoms with Crippen molar-refractivity contribution in [3.8, 4) is 0 Å². The quantitative estimate of drug-likeness (QED) is 0.840. The van der Waals surface area contributed by atoms with Crippen LogP contribution in [0.3, 0.4) is 0 Å². The van der Waals surface area contributed by atoms with Crippen LogP contribution in [0.4, 0.5) is 11.4 Å². The third-order valence-electron chi connectivity index (χ3n) is 4.58. The van der Waals surface area contributed by atoms with Crippen LogP contribution in [0.15, 0.2) is 64.9 Å². The number of aryl methyl sites for hydroxylation is 1. The Morgan fingerprint density at radius 3 is 2.48 bits per heavy atom. The van der Waals surface area contributed by atoms with Gasteiger partial charge in [0.25, 0.3) is 11.8 Å². The number of benzene rings is 2. The number of rotatable bonds is 4. The van der Waals surface area contributed by atoms with E-state index in [4.69, 9.17) is 0 Å². The fourth-order valence-electron chi connectivity index (χ4n) is 3.27. The van der Waals surface area contributed by atoms with E-state index in [0.29, 0.717) is 11.4 Å². The number of para-hydroxylation sites is 2. The lowest BCUT2D eigenvalue weighted by molar-refractivity contribution is -0.123. The second-order valence-electron chi connectivity index (χ2n) is 6.40. The van der Waals surface area contributed by atoms with E-state index in [1.165, 1.54) is 5.01 Å². The molecule has 1 N–H and O–H groups in total. The molecule has 2 aromatic rings. The Bertz CT molecular complexity index is 943. The molecule has 0 spiro atoms. The molecule has 136 valence electrons. The number of imide groups is 1. The second kappa shape index (κ2) is 6.64. The topological polar surface area (TPSA) is 94.4 Å². The average Bonchev–Trinajstić information content (AvgIpc) is 3.17. The number of hydrogen-bond donors (Lipinski definition) is 1. The van der Waals surface area contributed by atoms with Gasteiger partial charge in [-0.25, -0.2) is 4.90 Å². The maximum absolute atomic E-state index is 12.9. The molecule has 0 unspecified atom stereocenters. The van der Waals surface area contributed by atoms with Crippen LogP contribution in [0.2, 0.25) is 0 Å². The van der Waals surface area contributed by atoms with Crippen LogP contribution in [-0.4, -0.2) is 41.4 Å². The molecule has 2 aliphatic heterocycles. The predicted octanol–water partition coefficient (Wildman–Crippen LogP) is 1.93. The molecule has 0 bridgehead atoms. The van der Waals surface area contributed by atoms with Crippen molar-refractivity contribution < 1.29 is 14.4 Å². The van der Waals surface area contributed by atoms with E-state index in [2.05, 4.69) is 15.7 Å². The van der Waals surface area contributed by atoms with Gasteiger partial charge in [-0.3, -0.25) is 19.4 Å². The van der Waals surface area contributed by atoms with E-state index in [0.717, 1.165) is 10.5 Å². The molecule has 0 saturated carbocycles. The van der Waals surface area contributed by atoms with Gasteiger partial charge in [0.1, 0.15) is 6.54 Å². The molecule has 0 aliphatic carbocycles. The number of nitrogens with zero attached hydrogens (tertiary/aromatic N) is 4. The number of carbonyl (C=O) groups is 3. The van der Waals surface area contributed by atoms with Crippen LogP contribution in [0.1, 0.15) is 5.56 Å². The van der Waals surface area contributed by atoms with Gasteiger partial charge in [-0.15, -0.1) is 0 Å². The SMILES string of the molecule is Cc1ccccc1N1C(=O)[C@H]2N=NN(CC(=O)Nc3ccccc3)[C@H]2C1=O. The largest absolute Gasteiger partial charge is 0.324 e. The summed E-state index contributed by atoms with van der Waals surface area (Å²) in [6.45, 7) is 1.66. The molecule has 0 aromatic heterocycles. The van der Waals surface area contributed by atoms with Crippen molar-refractivity contribution in [2.24, 2.45) is 10.3 Å². The van der Waals surface area contributed by atoms with E-state index in [1.807, 2.05) is 25.1 Å². The van der Waals surface area contributed by atoms with Crippen LogP contribution in [0, 0.1) is 6.92 Å². The first-order valence-corrected chi connectivity index (χ1v) is 8.52. The molecule has 27 heavy (non-hydrogen) atoms. The molecular formula is C19H17N5O3. The molecule has 2 aliphatic rings. The molecule has 8 nitrogen and oxygen atoms in total. The van der Waals surface area contributed by atoms with Crippen molar-refractivity contribution in [1.29, 1.82) is 0 Å². The van der Waals surface area contributed by atoms with Gasteiger partial charge >= 0.3 is 0 Å². The van der Waals surface area contributed by atoms with E-state index < -0.39 is 23.9 Å². The van der Waals surface area contributed by atoms with Crippen LogP contribution < -0.4 is 10.2 Å². The summed E-state index contributed by atoms with van der Waals surface area (Å²) in [4.78, 5) is 39.0. The molecule has 0 radical (unpaired) electrons. The maximum Gasteiger partial charge on any atom is 0.263 e. The zero-order chi connectivity index (χ0) is 19.0. The third kappa shape index (κ3) is 2.95. The van der Waals surface area contributed by atoms with Crippen molar-refractivity contribution >= 4 is 29.1 Å². The summed E-state index contributed by atoms with van der Waals surface area (Å²) in [6, 6.07) is 14.3.